The molecule has 0 fully saturated rings. The van der Waals surface area contributed by atoms with Crippen molar-refractivity contribution in [2.24, 2.45) is 0 Å². The van der Waals surface area contributed by atoms with E-state index in [4.69, 9.17) is 9.47 Å². The molecule has 1 amide bonds. The Morgan fingerprint density at radius 2 is 2.11 bits per heavy atom. The summed E-state index contributed by atoms with van der Waals surface area (Å²) in [7, 11) is 0. The number of thiophene rings is 1. The molecule has 4 nitrogen and oxygen atoms in total. The van der Waals surface area contributed by atoms with Crippen LogP contribution in [-0.2, 0) is 11.3 Å². The molecule has 1 aliphatic rings. The third kappa shape index (κ3) is 2.71. The van der Waals surface area contributed by atoms with Crippen LogP contribution in [0, 0.1) is 0 Å². The lowest BCUT2D eigenvalue weighted by Crippen LogP contribution is -2.43. The molecule has 1 aromatic heterocycles. The standard InChI is InChI=1S/C14H13NO3S/c16-14(15-8-10-4-3-7-19-10)13-9-17-11-5-1-2-6-12(11)18-13/h1-7,13H,8-9H2,(H,15,16)/t13-/m1/s1. The Labute approximate surface area is 115 Å². The largest absolute Gasteiger partial charge is 0.485 e. The molecule has 0 saturated carbocycles. The normalized spacial score (nSPS) is 16.9. The number of para-hydroxylation sites is 2. The van der Waals surface area contributed by atoms with E-state index in [0.29, 0.717) is 18.0 Å². The molecule has 19 heavy (non-hydrogen) atoms. The third-order valence-corrected chi connectivity index (χ3v) is 3.69. The van der Waals surface area contributed by atoms with Crippen molar-refractivity contribution in [1.29, 1.82) is 0 Å². The predicted octanol–water partition coefficient (Wildman–Crippen LogP) is 2.20. The van der Waals surface area contributed by atoms with Crippen LogP contribution in [0.1, 0.15) is 4.88 Å². The van der Waals surface area contributed by atoms with Crippen LogP contribution in [0.25, 0.3) is 0 Å². The van der Waals surface area contributed by atoms with Crippen molar-refractivity contribution in [2.45, 2.75) is 12.6 Å². The lowest BCUT2D eigenvalue weighted by molar-refractivity contribution is -0.130. The number of carbonyl (C=O) groups excluding carboxylic acids is 1. The molecule has 0 aliphatic carbocycles. The molecule has 0 radical (unpaired) electrons. The Bertz CT molecular complexity index is 568. The first-order valence-corrected chi connectivity index (χ1v) is 6.89. The van der Waals surface area contributed by atoms with Gasteiger partial charge in [0, 0.05) is 4.88 Å². The molecule has 3 rings (SSSR count). The lowest BCUT2D eigenvalue weighted by Gasteiger charge is -2.25. The number of rotatable bonds is 3. The lowest BCUT2D eigenvalue weighted by atomic mass is 10.2. The van der Waals surface area contributed by atoms with Gasteiger partial charge < -0.3 is 14.8 Å². The van der Waals surface area contributed by atoms with Gasteiger partial charge in [-0.15, -0.1) is 11.3 Å². The van der Waals surface area contributed by atoms with Crippen LogP contribution in [0.15, 0.2) is 41.8 Å². The summed E-state index contributed by atoms with van der Waals surface area (Å²) in [6, 6.07) is 11.3. The van der Waals surface area contributed by atoms with Crippen molar-refractivity contribution in [3.8, 4) is 11.5 Å². The number of hydrogen-bond acceptors (Lipinski definition) is 4. The van der Waals surface area contributed by atoms with Gasteiger partial charge in [0.1, 0.15) is 6.61 Å². The molecule has 0 bridgehead atoms. The molecule has 1 atom stereocenters. The fourth-order valence-corrected chi connectivity index (χ4v) is 2.49. The Morgan fingerprint density at radius 3 is 2.89 bits per heavy atom. The highest BCUT2D eigenvalue weighted by molar-refractivity contribution is 7.09. The Hall–Kier alpha value is -2.01. The van der Waals surface area contributed by atoms with Crippen LogP contribution in [0.4, 0.5) is 0 Å². The number of ether oxygens (including phenoxy) is 2. The number of hydrogen-bond donors (Lipinski definition) is 1. The van der Waals surface area contributed by atoms with Crippen LogP contribution in [0.5, 0.6) is 11.5 Å². The molecule has 5 heteroatoms. The van der Waals surface area contributed by atoms with E-state index in [9.17, 15) is 4.79 Å². The first-order chi connectivity index (χ1) is 9.33. The maximum atomic E-state index is 12.0. The van der Waals surface area contributed by atoms with Crippen molar-refractivity contribution in [3.63, 3.8) is 0 Å². The molecule has 0 spiro atoms. The number of nitrogens with one attached hydrogen (secondary N) is 1. The van der Waals surface area contributed by atoms with Gasteiger partial charge in [-0.05, 0) is 23.6 Å². The summed E-state index contributed by atoms with van der Waals surface area (Å²) in [5.74, 6) is 1.15. The van der Waals surface area contributed by atoms with E-state index >= 15 is 0 Å². The van der Waals surface area contributed by atoms with E-state index in [1.165, 1.54) is 0 Å². The summed E-state index contributed by atoms with van der Waals surface area (Å²) in [5, 5.41) is 4.84. The van der Waals surface area contributed by atoms with Gasteiger partial charge in [0.25, 0.3) is 5.91 Å². The Morgan fingerprint density at radius 1 is 1.26 bits per heavy atom. The predicted molar refractivity (Wildman–Crippen MR) is 72.5 cm³/mol. The summed E-state index contributed by atoms with van der Waals surface area (Å²) in [6.07, 6.45) is -0.588. The third-order valence-electron chi connectivity index (χ3n) is 2.82. The number of benzene rings is 1. The van der Waals surface area contributed by atoms with Crippen molar-refractivity contribution < 1.29 is 14.3 Å². The van der Waals surface area contributed by atoms with Crippen molar-refractivity contribution in [2.75, 3.05) is 6.61 Å². The van der Waals surface area contributed by atoms with Gasteiger partial charge in [-0.3, -0.25) is 4.79 Å². The SMILES string of the molecule is O=C(NCc1cccs1)[C@H]1COc2ccccc2O1. The average molecular weight is 275 g/mol. The van der Waals surface area contributed by atoms with Crippen molar-refractivity contribution >= 4 is 17.2 Å². The van der Waals surface area contributed by atoms with Crippen LogP contribution in [-0.4, -0.2) is 18.6 Å². The molecule has 1 aliphatic heterocycles. The highest BCUT2D eigenvalue weighted by Crippen LogP contribution is 2.30. The maximum Gasteiger partial charge on any atom is 0.264 e. The zero-order valence-electron chi connectivity index (χ0n) is 10.2. The van der Waals surface area contributed by atoms with E-state index in [0.717, 1.165) is 4.88 Å². The van der Waals surface area contributed by atoms with E-state index in [1.54, 1.807) is 17.4 Å². The topological polar surface area (TPSA) is 47.6 Å². The van der Waals surface area contributed by atoms with Gasteiger partial charge in [0.05, 0.1) is 6.54 Å². The quantitative estimate of drug-likeness (QED) is 0.934. The summed E-state index contributed by atoms with van der Waals surface area (Å²) < 4.78 is 11.1. The fraction of sp³-hybridized carbons (Fsp3) is 0.214. The van der Waals surface area contributed by atoms with Crippen LogP contribution < -0.4 is 14.8 Å². The smallest absolute Gasteiger partial charge is 0.264 e. The zero-order chi connectivity index (χ0) is 13.1. The van der Waals surface area contributed by atoms with Crippen LogP contribution in [0.3, 0.4) is 0 Å². The molecule has 0 unspecified atom stereocenters. The number of fused-ring (bicyclic) bond motifs is 1. The van der Waals surface area contributed by atoms with Crippen LogP contribution in [0.2, 0.25) is 0 Å². The van der Waals surface area contributed by atoms with E-state index in [2.05, 4.69) is 5.32 Å². The highest BCUT2D eigenvalue weighted by atomic mass is 32.1. The summed E-state index contributed by atoms with van der Waals surface area (Å²) in [5.41, 5.74) is 0. The second kappa shape index (κ2) is 5.32. The first kappa shape index (κ1) is 12.0. The summed E-state index contributed by atoms with van der Waals surface area (Å²) >= 11 is 1.61. The monoisotopic (exact) mass is 275 g/mol. The second-order valence-electron chi connectivity index (χ2n) is 4.16. The Balaban J connectivity index is 1.60. The first-order valence-electron chi connectivity index (χ1n) is 6.01. The van der Waals surface area contributed by atoms with Crippen molar-refractivity contribution in [3.05, 3.63) is 46.7 Å². The molecule has 2 heterocycles. The molecule has 98 valence electrons. The van der Waals surface area contributed by atoms with Gasteiger partial charge in [-0.25, -0.2) is 0 Å². The van der Waals surface area contributed by atoms with Gasteiger partial charge in [0.2, 0.25) is 6.10 Å². The van der Waals surface area contributed by atoms with E-state index in [1.807, 2.05) is 35.7 Å². The zero-order valence-corrected chi connectivity index (χ0v) is 11.0. The van der Waals surface area contributed by atoms with Crippen molar-refractivity contribution in [1.82, 2.24) is 5.32 Å². The Kier molecular flexibility index (Phi) is 3.37. The van der Waals surface area contributed by atoms with Gasteiger partial charge in [-0.1, -0.05) is 18.2 Å². The van der Waals surface area contributed by atoms with Gasteiger partial charge in [0.15, 0.2) is 11.5 Å². The minimum atomic E-state index is -0.588. The number of amides is 1. The maximum absolute atomic E-state index is 12.0. The molecule has 1 aromatic carbocycles. The molecule has 2 aromatic rings. The molecular weight excluding hydrogens is 262 g/mol. The van der Waals surface area contributed by atoms with E-state index < -0.39 is 6.10 Å². The summed E-state index contributed by atoms with van der Waals surface area (Å²) in [4.78, 5) is 13.1. The van der Waals surface area contributed by atoms with Gasteiger partial charge >= 0.3 is 0 Å². The second-order valence-corrected chi connectivity index (χ2v) is 5.19. The minimum absolute atomic E-state index is 0.150. The average Bonchev–Trinajstić information content (AvgIpc) is 2.97. The molecule has 1 N–H and O–H groups in total. The minimum Gasteiger partial charge on any atom is -0.485 e. The van der Waals surface area contributed by atoms with E-state index in [-0.39, 0.29) is 12.5 Å². The molecular formula is C14H13NO3S. The summed E-state index contributed by atoms with van der Waals surface area (Å²) in [6.45, 7) is 0.769. The van der Waals surface area contributed by atoms with Gasteiger partial charge in [-0.2, -0.15) is 0 Å². The highest BCUT2D eigenvalue weighted by Gasteiger charge is 2.26. The van der Waals surface area contributed by atoms with Crippen LogP contribution >= 0.6 is 11.3 Å². The number of carbonyl (C=O) groups is 1. The fourth-order valence-electron chi connectivity index (χ4n) is 1.85. The molecule has 0 saturated heterocycles.